The van der Waals surface area contributed by atoms with Gasteiger partial charge in [-0.1, -0.05) is 0 Å². The minimum atomic E-state index is 0.242. The molecule has 1 unspecified atom stereocenters. The molecule has 0 saturated carbocycles. The third-order valence-electron chi connectivity index (χ3n) is 7.35. The topological polar surface area (TPSA) is 49.3 Å². The molecule has 0 amide bonds. The van der Waals surface area contributed by atoms with Crippen molar-refractivity contribution in [2.24, 2.45) is 10.4 Å². The Hall–Kier alpha value is -0.850. The molecule has 4 fully saturated rings. The molecule has 27 heavy (non-hydrogen) atoms. The SMILES string of the molecule is CN=C(NCC1(N2CCCC2)CCOCC1)N1CCCC2(CCCOC2)C1. The first-order valence-electron chi connectivity index (χ1n) is 11.1. The van der Waals surface area contributed by atoms with Gasteiger partial charge in [0.2, 0.25) is 0 Å². The molecule has 4 aliphatic heterocycles. The van der Waals surface area contributed by atoms with Crippen molar-refractivity contribution < 1.29 is 9.47 Å². The first-order chi connectivity index (χ1) is 13.3. The Morgan fingerprint density at radius 3 is 2.41 bits per heavy atom. The molecule has 4 rings (SSSR count). The zero-order valence-corrected chi connectivity index (χ0v) is 17.2. The van der Waals surface area contributed by atoms with Crippen molar-refractivity contribution >= 4 is 5.96 Å². The fourth-order valence-corrected chi connectivity index (χ4v) is 5.74. The van der Waals surface area contributed by atoms with E-state index in [-0.39, 0.29) is 5.54 Å². The maximum atomic E-state index is 5.86. The van der Waals surface area contributed by atoms with E-state index in [0.717, 1.165) is 64.9 Å². The van der Waals surface area contributed by atoms with Crippen molar-refractivity contribution in [2.45, 2.75) is 56.9 Å². The Balaban J connectivity index is 1.40. The van der Waals surface area contributed by atoms with E-state index in [1.54, 1.807) is 0 Å². The molecule has 4 saturated heterocycles. The number of aliphatic imine (C=N–C) groups is 1. The summed E-state index contributed by atoms with van der Waals surface area (Å²) >= 11 is 0. The third-order valence-corrected chi connectivity index (χ3v) is 7.35. The van der Waals surface area contributed by atoms with Gasteiger partial charge >= 0.3 is 0 Å². The van der Waals surface area contributed by atoms with Crippen LogP contribution in [0.5, 0.6) is 0 Å². The number of nitrogens with zero attached hydrogens (tertiary/aromatic N) is 3. The van der Waals surface area contributed by atoms with Gasteiger partial charge in [-0.25, -0.2) is 0 Å². The van der Waals surface area contributed by atoms with Gasteiger partial charge in [0.1, 0.15) is 0 Å². The number of likely N-dealkylation sites (tertiary alicyclic amines) is 2. The first-order valence-corrected chi connectivity index (χ1v) is 11.1. The molecule has 154 valence electrons. The van der Waals surface area contributed by atoms with E-state index in [1.165, 1.54) is 51.6 Å². The summed E-state index contributed by atoms with van der Waals surface area (Å²) in [5, 5.41) is 3.79. The summed E-state index contributed by atoms with van der Waals surface area (Å²) in [6, 6.07) is 0. The molecule has 6 nitrogen and oxygen atoms in total. The molecule has 4 aliphatic rings. The van der Waals surface area contributed by atoms with E-state index in [9.17, 15) is 0 Å². The van der Waals surface area contributed by atoms with Crippen molar-refractivity contribution in [3.63, 3.8) is 0 Å². The zero-order chi connectivity index (χ0) is 18.6. The molecule has 0 bridgehead atoms. The van der Waals surface area contributed by atoms with Gasteiger partial charge in [-0.3, -0.25) is 9.89 Å². The summed E-state index contributed by atoms with van der Waals surface area (Å²) < 4.78 is 11.6. The van der Waals surface area contributed by atoms with Crippen molar-refractivity contribution in [3.8, 4) is 0 Å². The molecular formula is C21H38N4O2. The van der Waals surface area contributed by atoms with Crippen molar-refractivity contribution in [2.75, 3.05) is 66.2 Å². The van der Waals surface area contributed by atoms with Crippen LogP contribution in [0.3, 0.4) is 0 Å². The van der Waals surface area contributed by atoms with Crippen LogP contribution in [0, 0.1) is 5.41 Å². The lowest BCUT2D eigenvalue weighted by molar-refractivity contribution is -0.0378. The summed E-state index contributed by atoms with van der Waals surface area (Å²) in [5.74, 6) is 1.09. The number of nitrogens with one attached hydrogen (secondary N) is 1. The number of hydrogen-bond acceptors (Lipinski definition) is 4. The Labute approximate surface area is 164 Å². The quantitative estimate of drug-likeness (QED) is 0.602. The number of ether oxygens (including phenoxy) is 2. The van der Waals surface area contributed by atoms with Gasteiger partial charge in [0.05, 0.1) is 6.61 Å². The molecule has 0 aliphatic carbocycles. The fourth-order valence-electron chi connectivity index (χ4n) is 5.74. The largest absolute Gasteiger partial charge is 0.381 e. The van der Waals surface area contributed by atoms with Gasteiger partial charge in [-0.05, 0) is 64.5 Å². The van der Waals surface area contributed by atoms with Crippen LogP contribution in [-0.2, 0) is 9.47 Å². The second-order valence-corrected chi connectivity index (χ2v) is 9.11. The fraction of sp³-hybridized carbons (Fsp3) is 0.952. The smallest absolute Gasteiger partial charge is 0.193 e. The maximum Gasteiger partial charge on any atom is 0.193 e. The van der Waals surface area contributed by atoms with E-state index in [4.69, 9.17) is 9.47 Å². The lowest BCUT2D eigenvalue weighted by Gasteiger charge is -2.47. The number of rotatable bonds is 3. The van der Waals surface area contributed by atoms with E-state index < -0.39 is 0 Å². The molecule has 6 heteroatoms. The van der Waals surface area contributed by atoms with E-state index in [2.05, 4.69) is 20.1 Å². The van der Waals surface area contributed by atoms with Gasteiger partial charge < -0.3 is 19.7 Å². The summed E-state index contributed by atoms with van der Waals surface area (Å²) in [7, 11) is 1.94. The standard InChI is InChI=1S/C21H38N4O2/c1-22-19(24-10-4-6-20(17-24)7-5-13-27-18-20)23-16-21(8-14-26-15-9-21)25-11-2-3-12-25/h2-18H2,1H3,(H,22,23). The first kappa shape index (κ1) is 19.5. The van der Waals surface area contributed by atoms with Gasteiger partial charge in [-0.2, -0.15) is 0 Å². The Morgan fingerprint density at radius 1 is 0.926 bits per heavy atom. The highest BCUT2D eigenvalue weighted by Crippen LogP contribution is 2.37. The maximum absolute atomic E-state index is 5.86. The highest BCUT2D eigenvalue weighted by molar-refractivity contribution is 5.80. The molecule has 4 heterocycles. The summed E-state index contributed by atoms with van der Waals surface area (Å²) in [6.45, 7) is 9.32. The third kappa shape index (κ3) is 4.28. The van der Waals surface area contributed by atoms with Crippen LogP contribution in [0.25, 0.3) is 0 Å². The lowest BCUT2D eigenvalue weighted by Crippen LogP contribution is -2.60. The van der Waals surface area contributed by atoms with Crippen molar-refractivity contribution in [3.05, 3.63) is 0 Å². The Morgan fingerprint density at radius 2 is 1.70 bits per heavy atom. The predicted molar refractivity (Wildman–Crippen MR) is 108 cm³/mol. The van der Waals surface area contributed by atoms with Crippen LogP contribution < -0.4 is 5.32 Å². The minimum Gasteiger partial charge on any atom is -0.381 e. The summed E-state index contributed by atoms with van der Waals surface area (Å²) in [4.78, 5) is 9.89. The number of guanidine groups is 1. The molecule has 1 N–H and O–H groups in total. The van der Waals surface area contributed by atoms with Crippen molar-refractivity contribution in [1.29, 1.82) is 0 Å². The van der Waals surface area contributed by atoms with Gasteiger partial charge in [0.25, 0.3) is 0 Å². The molecule has 0 aromatic carbocycles. The zero-order valence-electron chi connectivity index (χ0n) is 17.2. The van der Waals surface area contributed by atoms with Crippen molar-refractivity contribution in [1.82, 2.24) is 15.1 Å². The van der Waals surface area contributed by atoms with Crippen LogP contribution in [-0.4, -0.2) is 87.5 Å². The molecule has 0 radical (unpaired) electrons. The second kappa shape index (κ2) is 8.66. The van der Waals surface area contributed by atoms with Gasteiger partial charge in [0, 0.05) is 57.5 Å². The Kier molecular flexibility index (Phi) is 6.25. The predicted octanol–water partition coefficient (Wildman–Crippen LogP) is 2.10. The molecule has 1 atom stereocenters. The molecule has 0 aromatic rings. The van der Waals surface area contributed by atoms with E-state index in [0.29, 0.717) is 5.41 Å². The van der Waals surface area contributed by atoms with Crippen LogP contribution in [0.4, 0.5) is 0 Å². The lowest BCUT2D eigenvalue weighted by atomic mass is 9.76. The normalized spacial score (nSPS) is 32.8. The molecular weight excluding hydrogens is 340 g/mol. The van der Waals surface area contributed by atoms with Crippen LogP contribution >= 0.6 is 0 Å². The average molecular weight is 379 g/mol. The van der Waals surface area contributed by atoms with Crippen LogP contribution in [0.15, 0.2) is 4.99 Å². The highest BCUT2D eigenvalue weighted by Gasteiger charge is 2.41. The molecule has 0 aromatic heterocycles. The number of hydrogen-bond donors (Lipinski definition) is 1. The van der Waals surface area contributed by atoms with Gasteiger partial charge in [0.15, 0.2) is 5.96 Å². The van der Waals surface area contributed by atoms with E-state index in [1.807, 2.05) is 7.05 Å². The summed E-state index contributed by atoms with van der Waals surface area (Å²) in [6.07, 6.45) is 10.00. The Bertz CT molecular complexity index is 501. The molecule has 1 spiro atoms. The second-order valence-electron chi connectivity index (χ2n) is 9.11. The van der Waals surface area contributed by atoms with Crippen LogP contribution in [0.1, 0.15) is 51.4 Å². The highest BCUT2D eigenvalue weighted by atomic mass is 16.5. The average Bonchev–Trinajstić information content (AvgIpc) is 3.26. The van der Waals surface area contributed by atoms with E-state index >= 15 is 0 Å². The minimum absolute atomic E-state index is 0.242. The van der Waals surface area contributed by atoms with Gasteiger partial charge in [-0.15, -0.1) is 0 Å². The monoisotopic (exact) mass is 378 g/mol. The summed E-state index contributed by atoms with van der Waals surface area (Å²) in [5.41, 5.74) is 0.589. The van der Waals surface area contributed by atoms with Crippen LogP contribution in [0.2, 0.25) is 0 Å². The number of piperidine rings is 1.